The molecule has 0 fully saturated rings. The highest BCUT2D eigenvalue weighted by molar-refractivity contribution is 5.97. The molecular formula is C14H16FNO3. The second-order valence-electron chi connectivity index (χ2n) is 5.30. The van der Waals surface area contributed by atoms with Gasteiger partial charge < -0.3 is 9.47 Å². The third-order valence-electron chi connectivity index (χ3n) is 2.42. The summed E-state index contributed by atoms with van der Waals surface area (Å²) in [5, 5.41) is 0. The van der Waals surface area contributed by atoms with E-state index in [0.717, 1.165) is 0 Å². The highest BCUT2D eigenvalue weighted by Gasteiger charge is 2.30. The number of halogens is 1. The second kappa shape index (κ2) is 4.99. The number of nitrogens with zero attached hydrogens (tertiary/aromatic N) is 1. The number of benzene rings is 1. The molecule has 0 aliphatic carbocycles. The minimum atomic E-state index is -0.653. The van der Waals surface area contributed by atoms with E-state index in [1.807, 2.05) is 0 Å². The summed E-state index contributed by atoms with van der Waals surface area (Å²) in [5.41, 5.74) is 0.0954. The van der Waals surface area contributed by atoms with E-state index in [1.54, 1.807) is 32.9 Å². The predicted octanol–water partition coefficient (Wildman–Crippen LogP) is 2.31. The molecule has 0 radical (unpaired) electrons. The zero-order valence-corrected chi connectivity index (χ0v) is 11.1. The van der Waals surface area contributed by atoms with Gasteiger partial charge in [-0.2, -0.15) is 0 Å². The Bertz CT molecular complexity index is 502. The van der Waals surface area contributed by atoms with Crippen LogP contribution in [0.25, 0.3) is 0 Å². The van der Waals surface area contributed by atoms with Gasteiger partial charge in [0.05, 0.1) is 0 Å². The summed E-state index contributed by atoms with van der Waals surface area (Å²) >= 11 is 0. The van der Waals surface area contributed by atoms with Crippen molar-refractivity contribution < 1.29 is 18.7 Å². The number of hydrogen-bond acceptors (Lipinski definition) is 4. The first-order chi connectivity index (χ1) is 8.85. The van der Waals surface area contributed by atoms with E-state index < -0.39 is 17.6 Å². The Kier molecular flexibility index (Phi) is 3.55. The summed E-state index contributed by atoms with van der Waals surface area (Å²) in [6.45, 7) is 5.55. The van der Waals surface area contributed by atoms with Gasteiger partial charge in [-0.15, -0.1) is 0 Å². The lowest BCUT2D eigenvalue weighted by Gasteiger charge is -2.20. The smallest absolute Gasteiger partial charge is 0.335 e. The predicted molar refractivity (Wildman–Crippen MR) is 68.5 cm³/mol. The first kappa shape index (κ1) is 13.5. The fourth-order valence-corrected chi connectivity index (χ4v) is 1.61. The van der Waals surface area contributed by atoms with Gasteiger partial charge in [0.15, 0.2) is 6.04 Å². The number of rotatable bonds is 2. The zero-order valence-electron chi connectivity index (χ0n) is 11.1. The molecule has 0 saturated heterocycles. The summed E-state index contributed by atoms with van der Waals surface area (Å²) in [6.07, 6.45) is 0. The Hall–Kier alpha value is -1.91. The molecule has 1 heterocycles. The van der Waals surface area contributed by atoms with Gasteiger partial charge in [0.1, 0.15) is 18.0 Å². The summed E-state index contributed by atoms with van der Waals surface area (Å²) < 4.78 is 23.4. The molecule has 0 saturated carbocycles. The Morgan fingerprint density at radius 2 is 2.00 bits per heavy atom. The van der Waals surface area contributed by atoms with E-state index in [-0.39, 0.29) is 12.4 Å². The van der Waals surface area contributed by atoms with Crippen LogP contribution in [0.4, 0.5) is 4.39 Å². The molecule has 19 heavy (non-hydrogen) atoms. The molecule has 0 aromatic heterocycles. The molecule has 0 N–H and O–H groups in total. The highest BCUT2D eigenvalue weighted by Crippen LogP contribution is 2.16. The molecular weight excluding hydrogens is 249 g/mol. The number of carbonyl (C=O) groups is 1. The van der Waals surface area contributed by atoms with Crippen molar-refractivity contribution in [3.05, 3.63) is 35.6 Å². The fraction of sp³-hybridized carbons (Fsp3) is 0.429. The minimum Gasteiger partial charge on any atom is -0.475 e. The lowest BCUT2D eigenvalue weighted by molar-refractivity contribution is -0.156. The third-order valence-corrected chi connectivity index (χ3v) is 2.42. The average Bonchev–Trinajstić information content (AvgIpc) is 2.77. The van der Waals surface area contributed by atoms with Crippen LogP contribution in [-0.4, -0.2) is 30.1 Å². The van der Waals surface area contributed by atoms with Gasteiger partial charge in [0.25, 0.3) is 0 Å². The molecule has 102 valence electrons. The SMILES string of the molecule is CC(C)(C)OC(=O)C1COC(c2ccc(F)cc2)=N1. The highest BCUT2D eigenvalue weighted by atomic mass is 19.1. The van der Waals surface area contributed by atoms with Crippen LogP contribution in [-0.2, 0) is 14.3 Å². The van der Waals surface area contributed by atoms with Gasteiger partial charge in [-0.05, 0) is 45.0 Å². The van der Waals surface area contributed by atoms with Crippen molar-refractivity contribution in [3.63, 3.8) is 0 Å². The van der Waals surface area contributed by atoms with Crippen LogP contribution < -0.4 is 0 Å². The Balaban J connectivity index is 2.08. The second-order valence-corrected chi connectivity index (χ2v) is 5.30. The monoisotopic (exact) mass is 265 g/mol. The van der Waals surface area contributed by atoms with E-state index in [9.17, 15) is 9.18 Å². The van der Waals surface area contributed by atoms with Gasteiger partial charge in [0, 0.05) is 5.56 Å². The molecule has 5 heteroatoms. The van der Waals surface area contributed by atoms with E-state index >= 15 is 0 Å². The summed E-state index contributed by atoms with van der Waals surface area (Å²) in [4.78, 5) is 16.0. The molecule has 2 rings (SSSR count). The van der Waals surface area contributed by atoms with E-state index in [0.29, 0.717) is 11.5 Å². The normalized spacial score (nSPS) is 18.7. The largest absolute Gasteiger partial charge is 0.475 e. The number of hydrogen-bond donors (Lipinski definition) is 0. The Morgan fingerprint density at radius 3 is 2.58 bits per heavy atom. The van der Waals surface area contributed by atoms with E-state index in [1.165, 1.54) is 12.1 Å². The topological polar surface area (TPSA) is 47.9 Å². The van der Waals surface area contributed by atoms with Gasteiger partial charge in [0.2, 0.25) is 5.90 Å². The van der Waals surface area contributed by atoms with Crippen molar-refractivity contribution in [3.8, 4) is 0 Å². The van der Waals surface area contributed by atoms with Crippen molar-refractivity contribution in [1.29, 1.82) is 0 Å². The fourth-order valence-electron chi connectivity index (χ4n) is 1.61. The lowest BCUT2D eigenvalue weighted by atomic mass is 10.2. The van der Waals surface area contributed by atoms with Crippen LogP contribution in [0.15, 0.2) is 29.3 Å². The molecule has 1 aromatic rings. The van der Waals surface area contributed by atoms with Crippen molar-refractivity contribution >= 4 is 11.9 Å². The molecule has 1 unspecified atom stereocenters. The molecule has 0 spiro atoms. The van der Waals surface area contributed by atoms with Crippen molar-refractivity contribution in [2.24, 2.45) is 4.99 Å². The molecule has 1 aliphatic rings. The zero-order chi connectivity index (χ0) is 14.0. The van der Waals surface area contributed by atoms with E-state index in [2.05, 4.69) is 4.99 Å². The van der Waals surface area contributed by atoms with Crippen LogP contribution in [0, 0.1) is 5.82 Å². The van der Waals surface area contributed by atoms with Crippen LogP contribution in [0.1, 0.15) is 26.3 Å². The van der Waals surface area contributed by atoms with Gasteiger partial charge >= 0.3 is 5.97 Å². The lowest BCUT2D eigenvalue weighted by Crippen LogP contribution is -2.31. The summed E-state index contributed by atoms with van der Waals surface area (Å²) in [6, 6.07) is 5.11. The van der Waals surface area contributed by atoms with Crippen LogP contribution in [0.3, 0.4) is 0 Å². The van der Waals surface area contributed by atoms with Crippen molar-refractivity contribution in [2.75, 3.05) is 6.61 Å². The number of ether oxygens (including phenoxy) is 2. The summed E-state index contributed by atoms with van der Waals surface area (Å²) in [5.74, 6) is -0.397. The molecule has 4 nitrogen and oxygen atoms in total. The quantitative estimate of drug-likeness (QED) is 0.771. The standard InChI is InChI=1S/C14H16FNO3/c1-14(2,3)19-13(17)11-8-18-12(16-11)9-4-6-10(15)7-5-9/h4-7,11H,8H2,1-3H3. The Morgan fingerprint density at radius 1 is 1.37 bits per heavy atom. The average molecular weight is 265 g/mol. The summed E-state index contributed by atoms with van der Waals surface area (Å²) in [7, 11) is 0. The Labute approximate surface area is 111 Å². The first-order valence-electron chi connectivity index (χ1n) is 6.04. The molecule has 0 bridgehead atoms. The van der Waals surface area contributed by atoms with Crippen molar-refractivity contribution in [1.82, 2.24) is 0 Å². The number of aliphatic imine (C=N–C) groups is 1. The maximum atomic E-state index is 12.8. The van der Waals surface area contributed by atoms with Crippen molar-refractivity contribution in [2.45, 2.75) is 32.4 Å². The molecule has 0 amide bonds. The maximum Gasteiger partial charge on any atom is 0.335 e. The first-order valence-corrected chi connectivity index (χ1v) is 6.04. The van der Waals surface area contributed by atoms with Gasteiger partial charge in [-0.1, -0.05) is 0 Å². The van der Waals surface area contributed by atoms with Crippen LogP contribution in [0.2, 0.25) is 0 Å². The van der Waals surface area contributed by atoms with Crippen LogP contribution in [0.5, 0.6) is 0 Å². The van der Waals surface area contributed by atoms with Gasteiger partial charge in [-0.25, -0.2) is 14.2 Å². The third kappa shape index (κ3) is 3.53. The minimum absolute atomic E-state index is 0.154. The van der Waals surface area contributed by atoms with E-state index in [4.69, 9.17) is 9.47 Å². The molecule has 1 aliphatic heterocycles. The number of esters is 1. The molecule has 1 aromatic carbocycles. The van der Waals surface area contributed by atoms with Crippen LogP contribution >= 0.6 is 0 Å². The number of carbonyl (C=O) groups excluding carboxylic acids is 1. The molecule has 1 atom stereocenters. The van der Waals surface area contributed by atoms with Gasteiger partial charge in [-0.3, -0.25) is 0 Å². The maximum absolute atomic E-state index is 12.8.